The third-order valence-electron chi connectivity index (χ3n) is 3.09. The van der Waals surface area contributed by atoms with E-state index in [1.165, 1.54) is 12.5 Å². The standard InChI is InChI=1S/C16H26FN3.HI/c1-4-6-12-20(3)16(18-5-2)19-11-10-14-8-7-9-15(17)13-14;/h7-9,13H,4-6,10-12H2,1-3H3,(H,18,19);1H. The fourth-order valence-electron chi connectivity index (χ4n) is 1.95. The number of halogens is 2. The molecular formula is C16H27FIN3. The molecule has 1 aromatic carbocycles. The number of guanidine groups is 1. The summed E-state index contributed by atoms with van der Waals surface area (Å²) in [5.41, 5.74) is 0.987. The van der Waals surface area contributed by atoms with Crippen molar-refractivity contribution in [3.8, 4) is 0 Å². The predicted octanol–water partition coefficient (Wildman–Crippen LogP) is 3.68. The number of nitrogens with zero attached hydrogens (tertiary/aromatic N) is 2. The van der Waals surface area contributed by atoms with Gasteiger partial charge >= 0.3 is 0 Å². The first-order valence-corrected chi connectivity index (χ1v) is 7.41. The Balaban J connectivity index is 0.00000400. The Hall–Kier alpha value is -0.850. The lowest BCUT2D eigenvalue weighted by molar-refractivity contribution is 0.465. The fourth-order valence-corrected chi connectivity index (χ4v) is 1.95. The summed E-state index contributed by atoms with van der Waals surface area (Å²) in [6.07, 6.45) is 3.09. The average Bonchev–Trinajstić information content (AvgIpc) is 2.44. The fraction of sp³-hybridized carbons (Fsp3) is 0.562. The molecule has 0 bridgehead atoms. The van der Waals surface area contributed by atoms with E-state index in [9.17, 15) is 4.39 Å². The molecule has 0 aliphatic rings. The summed E-state index contributed by atoms with van der Waals surface area (Å²) >= 11 is 0. The normalized spacial score (nSPS) is 11.0. The van der Waals surface area contributed by atoms with Crippen molar-refractivity contribution in [3.05, 3.63) is 35.6 Å². The van der Waals surface area contributed by atoms with Crippen LogP contribution in [0.1, 0.15) is 32.3 Å². The van der Waals surface area contributed by atoms with Crippen molar-refractivity contribution in [2.24, 2.45) is 4.99 Å². The van der Waals surface area contributed by atoms with E-state index >= 15 is 0 Å². The highest BCUT2D eigenvalue weighted by Crippen LogP contribution is 2.04. The minimum absolute atomic E-state index is 0. The molecule has 1 N–H and O–H groups in total. The van der Waals surface area contributed by atoms with Gasteiger partial charge in [-0.05, 0) is 37.5 Å². The van der Waals surface area contributed by atoms with Crippen LogP contribution in [-0.2, 0) is 6.42 Å². The predicted molar refractivity (Wildman–Crippen MR) is 99.0 cm³/mol. The van der Waals surface area contributed by atoms with Gasteiger partial charge in [0.05, 0.1) is 0 Å². The first kappa shape index (κ1) is 20.1. The molecule has 0 aliphatic heterocycles. The molecule has 5 heteroatoms. The molecular weight excluding hydrogens is 380 g/mol. The molecule has 0 heterocycles. The summed E-state index contributed by atoms with van der Waals surface area (Å²) in [6, 6.07) is 6.72. The van der Waals surface area contributed by atoms with Crippen molar-refractivity contribution in [1.29, 1.82) is 0 Å². The van der Waals surface area contributed by atoms with Crippen molar-refractivity contribution in [2.45, 2.75) is 33.1 Å². The van der Waals surface area contributed by atoms with Crippen LogP contribution in [0.25, 0.3) is 0 Å². The van der Waals surface area contributed by atoms with Crippen LogP contribution in [0.15, 0.2) is 29.3 Å². The summed E-state index contributed by atoms with van der Waals surface area (Å²) in [7, 11) is 2.05. The molecule has 0 unspecified atom stereocenters. The van der Waals surface area contributed by atoms with Crippen molar-refractivity contribution >= 4 is 29.9 Å². The Morgan fingerprint density at radius 3 is 2.71 bits per heavy atom. The lowest BCUT2D eigenvalue weighted by Gasteiger charge is -2.21. The van der Waals surface area contributed by atoms with Crippen LogP contribution >= 0.6 is 24.0 Å². The maximum absolute atomic E-state index is 13.1. The molecule has 0 radical (unpaired) electrons. The summed E-state index contributed by atoms with van der Waals surface area (Å²) in [5, 5.41) is 3.29. The summed E-state index contributed by atoms with van der Waals surface area (Å²) < 4.78 is 13.1. The first-order valence-electron chi connectivity index (χ1n) is 7.41. The van der Waals surface area contributed by atoms with Crippen LogP contribution in [0.5, 0.6) is 0 Å². The maximum Gasteiger partial charge on any atom is 0.193 e. The Morgan fingerprint density at radius 2 is 2.10 bits per heavy atom. The second-order valence-electron chi connectivity index (χ2n) is 4.89. The zero-order valence-corrected chi connectivity index (χ0v) is 15.6. The third kappa shape index (κ3) is 8.24. The molecule has 0 spiro atoms. The molecule has 0 aliphatic carbocycles. The largest absolute Gasteiger partial charge is 0.357 e. The van der Waals surface area contributed by atoms with Gasteiger partial charge in [0.15, 0.2) is 5.96 Å². The van der Waals surface area contributed by atoms with Crippen molar-refractivity contribution in [1.82, 2.24) is 10.2 Å². The molecule has 0 atom stereocenters. The Morgan fingerprint density at radius 1 is 1.33 bits per heavy atom. The van der Waals surface area contributed by atoms with E-state index in [1.54, 1.807) is 12.1 Å². The number of aliphatic imine (C=N–C) groups is 1. The highest BCUT2D eigenvalue weighted by molar-refractivity contribution is 14.0. The van der Waals surface area contributed by atoms with Gasteiger partial charge in [0.2, 0.25) is 0 Å². The molecule has 1 rings (SSSR count). The van der Waals surface area contributed by atoms with Crippen LogP contribution in [0.4, 0.5) is 4.39 Å². The molecule has 0 saturated carbocycles. The molecule has 0 fully saturated rings. The van der Waals surface area contributed by atoms with E-state index in [0.717, 1.165) is 37.5 Å². The molecule has 0 aromatic heterocycles. The number of nitrogens with one attached hydrogen (secondary N) is 1. The average molecular weight is 407 g/mol. The van der Waals surface area contributed by atoms with E-state index < -0.39 is 0 Å². The van der Waals surface area contributed by atoms with E-state index in [-0.39, 0.29) is 29.8 Å². The molecule has 0 amide bonds. The Labute approximate surface area is 145 Å². The van der Waals surface area contributed by atoms with Crippen LogP contribution in [-0.4, -0.2) is 37.5 Å². The number of hydrogen-bond acceptors (Lipinski definition) is 1. The van der Waals surface area contributed by atoms with Crippen LogP contribution in [0.2, 0.25) is 0 Å². The van der Waals surface area contributed by atoms with E-state index in [1.807, 2.05) is 6.07 Å². The van der Waals surface area contributed by atoms with E-state index in [4.69, 9.17) is 0 Å². The highest BCUT2D eigenvalue weighted by atomic mass is 127. The van der Waals surface area contributed by atoms with Crippen molar-refractivity contribution in [3.63, 3.8) is 0 Å². The van der Waals surface area contributed by atoms with Crippen molar-refractivity contribution in [2.75, 3.05) is 26.7 Å². The van der Waals surface area contributed by atoms with Crippen LogP contribution in [0, 0.1) is 5.82 Å². The lowest BCUT2D eigenvalue weighted by Crippen LogP contribution is -2.39. The second kappa shape index (κ2) is 11.8. The smallest absolute Gasteiger partial charge is 0.193 e. The van der Waals surface area contributed by atoms with Crippen LogP contribution < -0.4 is 5.32 Å². The highest BCUT2D eigenvalue weighted by Gasteiger charge is 2.04. The van der Waals surface area contributed by atoms with Gasteiger partial charge in [-0.1, -0.05) is 25.5 Å². The zero-order chi connectivity index (χ0) is 14.8. The number of hydrogen-bond donors (Lipinski definition) is 1. The molecule has 120 valence electrons. The van der Waals surface area contributed by atoms with Gasteiger partial charge in [-0.15, -0.1) is 24.0 Å². The van der Waals surface area contributed by atoms with Gasteiger partial charge in [-0.3, -0.25) is 4.99 Å². The number of rotatable bonds is 7. The summed E-state index contributed by atoms with van der Waals surface area (Å²) in [6.45, 7) is 6.78. The van der Waals surface area contributed by atoms with Gasteiger partial charge < -0.3 is 10.2 Å². The van der Waals surface area contributed by atoms with Crippen molar-refractivity contribution < 1.29 is 4.39 Å². The monoisotopic (exact) mass is 407 g/mol. The van der Waals surface area contributed by atoms with Gasteiger partial charge in [0.1, 0.15) is 5.82 Å². The number of unbranched alkanes of at least 4 members (excludes halogenated alkanes) is 1. The minimum Gasteiger partial charge on any atom is -0.357 e. The zero-order valence-electron chi connectivity index (χ0n) is 13.2. The Kier molecular flexibility index (Phi) is 11.3. The number of benzene rings is 1. The molecule has 0 saturated heterocycles. The summed E-state index contributed by atoms with van der Waals surface area (Å²) in [4.78, 5) is 6.75. The topological polar surface area (TPSA) is 27.6 Å². The van der Waals surface area contributed by atoms with Gasteiger partial charge in [0, 0.05) is 26.7 Å². The second-order valence-corrected chi connectivity index (χ2v) is 4.89. The molecule has 1 aromatic rings. The van der Waals surface area contributed by atoms with E-state index in [2.05, 4.69) is 36.1 Å². The van der Waals surface area contributed by atoms with E-state index in [0.29, 0.717) is 6.54 Å². The first-order chi connectivity index (χ1) is 9.67. The van der Waals surface area contributed by atoms with Crippen LogP contribution in [0.3, 0.4) is 0 Å². The lowest BCUT2D eigenvalue weighted by atomic mass is 10.1. The SMILES string of the molecule is CCCCN(C)C(=NCCc1cccc(F)c1)NCC.I. The van der Waals surface area contributed by atoms with Gasteiger partial charge in [-0.2, -0.15) is 0 Å². The quantitative estimate of drug-likeness (QED) is 0.424. The minimum atomic E-state index is -0.182. The molecule has 21 heavy (non-hydrogen) atoms. The third-order valence-corrected chi connectivity index (χ3v) is 3.09. The summed E-state index contributed by atoms with van der Waals surface area (Å²) in [5.74, 6) is 0.746. The van der Waals surface area contributed by atoms with Gasteiger partial charge in [0.25, 0.3) is 0 Å². The Bertz CT molecular complexity index is 424. The molecule has 3 nitrogen and oxygen atoms in total. The maximum atomic E-state index is 13.1. The van der Waals surface area contributed by atoms with Gasteiger partial charge in [-0.25, -0.2) is 4.39 Å².